The van der Waals surface area contributed by atoms with Gasteiger partial charge in [-0.25, -0.2) is 0 Å². The van der Waals surface area contributed by atoms with Gasteiger partial charge >= 0.3 is 0 Å². The highest BCUT2D eigenvalue weighted by Crippen LogP contribution is 2.18. The topological polar surface area (TPSA) is 497 Å². The molecule has 23 N–H and O–H groups in total. The van der Waals surface area contributed by atoms with Gasteiger partial charge in [-0.2, -0.15) is 0 Å². The van der Waals surface area contributed by atoms with Crippen LogP contribution in [0, 0.1) is 5.92 Å². The third-order valence-electron chi connectivity index (χ3n) is 13.5. The van der Waals surface area contributed by atoms with Crippen molar-refractivity contribution in [1.82, 2.24) is 58.2 Å². The van der Waals surface area contributed by atoms with Crippen LogP contribution in [0.15, 0.2) is 79.0 Å². The van der Waals surface area contributed by atoms with Gasteiger partial charge in [-0.15, -0.1) is 0 Å². The van der Waals surface area contributed by atoms with E-state index in [1.54, 1.807) is 57.2 Å². The minimum atomic E-state index is -1.55. The number of aromatic nitrogens is 1. The molecule has 29 nitrogen and oxygen atoms in total. The number of nitrogens with two attached hydrogens (primary N) is 6. The maximum Gasteiger partial charge on any atom is 0.252 e. The van der Waals surface area contributed by atoms with Crippen LogP contribution in [0.1, 0.15) is 95.0 Å². The van der Waals surface area contributed by atoms with E-state index >= 15 is 0 Å². The summed E-state index contributed by atoms with van der Waals surface area (Å²) < 4.78 is 0. The summed E-state index contributed by atoms with van der Waals surface area (Å²) >= 11 is 0. The fraction of sp³-hybridized carbons (Fsp3) is 0.517. The maximum absolute atomic E-state index is 14.4. The summed E-state index contributed by atoms with van der Waals surface area (Å²) in [7, 11) is 0. The van der Waals surface area contributed by atoms with Gasteiger partial charge in [0.25, 0.3) is 5.91 Å². The Kier molecular flexibility index (Phi) is 32.2. The van der Waals surface area contributed by atoms with Gasteiger partial charge in [-0.3, -0.25) is 57.7 Å². The monoisotopic (exact) mass is 1220 g/mol. The third-order valence-corrected chi connectivity index (χ3v) is 13.5. The van der Waals surface area contributed by atoms with Gasteiger partial charge in [0.05, 0.1) is 18.2 Å². The number of amides is 11. The molecule has 2 aromatic carbocycles. The number of carbonyl (C=O) groups is 11. The van der Waals surface area contributed by atoms with Crippen molar-refractivity contribution in [1.29, 1.82) is 0 Å². The lowest BCUT2D eigenvalue weighted by Crippen LogP contribution is -2.62. The van der Waals surface area contributed by atoms with E-state index in [1.165, 1.54) is 19.2 Å². The molecule has 478 valence electrons. The molecule has 3 rings (SSSR count). The minimum absolute atomic E-state index is 0.00120. The van der Waals surface area contributed by atoms with E-state index < -0.39 is 132 Å². The average molecular weight is 1220 g/mol. The Labute approximate surface area is 506 Å². The summed E-state index contributed by atoms with van der Waals surface area (Å²) in [6.45, 7) is 5.54. The summed E-state index contributed by atoms with van der Waals surface area (Å²) in [5.74, 6) is -9.11. The van der Waals surface area contributed by atoms with E-state index in [0.29, 0.717) is 11.3 Å². The molecule has 87 heavy (non-hydrogen) atoms. The van der Waals surface area contributed by atoms with E-state index in [4.69, 9.17) is 34.4 Å². The van der Waals surface area contributed by atoms with Crippen molar-refractivity contribution in [2.75, 3.05) is 39.3 Å². The van der Waals surface area contributed by atoms with Crippen LogP contribution in [0.2, 0.25) is 0 Å². The van der Waals surface area contributed by atoms with Crippen LogP contribution in [-0.2, 0) is 54.4 Å². The van der Waals surface area contributed by atoms with Crippen LogP contribution in [0.3, 0.4) is 0 Å². The Hall–Kier alpha value is -8.48. The number of primary amides is 1. The first-order valence-electron chi connectivity index (χ1n) is 29.0. The number of pyridine rings is 1. The number of hydrogen-bond donors (Lipinski definition) is 17. The largest absolute Gasteiger partial charge is 0.393 e. The standard InChI is InChI=1S/C58H89N17O12/c1-5-38(67-52(81)40(17-23-60)69-50(79)37-20-26-65-44(31-37)36-14-10-7-11-15-36)51(80)75-47(32-63)58(87)72-43(21-27-66-48(77)29-34(4)76)55(84)70-42(19-25-62)54(83)74-46(30-35-12-8-6-9-13-35)57(86)73-45(28-33(2)3)56(85)71-41(18-24-61)53(82)68-39(16-22-59)49(64)78/h6-15,20,26,31,33-34,38-43,45-47,76H,5,16-19,21-25,27-30,32,59-63H2,1-4H3,(H2,64,78)(H,66,77)(H,67,81)(H,68,82)(H,69,79)(H,70,84)(H,71,85)(H,72,87)(H,73,86)(H,74,83)(H,75,80)/t34-,38+,39+,40+,41+,42+,43+,45+,46-,47-/m1/s1. The van der Waals surface area contributed by atoms with E-state index in [2.05, 4.69) is 58.2 Å². The number of nitrogens with zero attached hydrogens (tertiary/aromatic N) is 1. The zero-order chi connectivity index (χ0) is 64.6. The van der Waals surface area contributed by atoms with Gasteiger partial charge < -0.3 is 92.7 Å². The maximum atomic E-state index is 14.4. The van der Waals surface area contributed by atoms with E-state index in [0.717, 1.165) is 5.56 Å². The molecule has 0 aliphatic rings. The predicted octanol–water partition coefficient (Wildman–Crippen LogP) is -4.46. The van der Waals surface area contributed by atoms with Gasteiger partial charge in [0.2, 0.25) is 59.1 Å². The second-order valence-corrected chi connectivity index (χ2v) is 21.2. The molecule has 0 unspecified atom stereocenters. The first-order valence-corrected chi connectivity index (χ1v) is 29.0. The first-order chi connectivity index (χ1) is 41.5. The van der Waals surface area contributed by atoms with Gasteiger partial charge in [-0.05, 0) is 102 Å². The van der Waals surface area contributed by atoms with E-state index in [1.807, 2.05) is 30.3 Å². The Morgan fingerprint density at radius 1 is 0.494 bits per heavy atom. The lowest BCUT2D eigenvalue weighted by molar-refractivity contribution is -0.136. The highest BCUT2D eigenvalue weighted by atomic mass is 16.3. The molecule has 0 aliphatic heterocycles. The Balaban J connectivity index is 1.86. The Bertz CT molecular complexity index is 2740. The summed E-state index contributed by atoms with van der Waals surface area (Å²) in [4.78, 5) is 154. The van der Waals surface area contributed by atoms with Crippen molar-refractivity contribution < 1.29 is 57.8 Å². The Morgan fingerprint density at radius 3 is 1.40 bits per heavy atom. The van der Waals surface area contributed by atoms with Crippen LogP contribution in [0.25, 0.3) is 11.3 Å². The molecule has 0 aliphatic carbocycles. The zero-order valence-corrected chi connectivity index (χ0v) is 49.8. The van der Waals surface area contributed by atoms with Crippen molar-refractivity contribution >= 4 is 65.0 Å². The molecule has 0 saturated heterocycles. The number of carbonyl (C=O) groups excluding carboxylic acids is 11. The number of hydrogen-bond acceptors (Lipinski definition) is 18. The average Bonchev–Trinajstić information content (AvgIpc) is 3.09. The first kappa shape index (κ1) is 72.8. The van der Waals surface area contributed by atoms with E-state index in [9.17, 15) is 57.8 Å². The quantitative estimate of drug-likeness (QED) is 0.0256. The van der Waals surface area contributed by atoms with E-state index in [-0.39, 0.29) is 102 Å². The fourth-order valence-corrected chi connectivity index (χ4v) is 8.83. The van der Waals surface area contributed by atoms with Crippen LogP contribution in [0.5, 0.6) is 0 Å². The van der Waals surface area contributed by atoms with Crippen molar-refractivity contribution in [3.05, 3.63) is 90.1 Å². The predicted molar refractivity (Wildman–Crippen MR) is 323 cm³/mol. The minimum Gasteiger partial charge on any atom is -0.393 e. The number of benzene rings is 2. The molecule has 1 aromatic heterocycles. The lowest BCUT2D eigenvalue weighted by Gasteiger charge is -2.28. The molecule has 3 aromatic rings. The second-order valence-electron chi connectivity index (χ2n) is 21.2. The molecule has 29 heteroatoms. The van der Waals surface area contributed by atoms with Crippen molar-refractivity contribution in [3.8, 4) is 11.3 Å². The van der Waals surface area contributed by atoms with Crippen LogP contribution in [0.4, 0.5) is 0 Å². The van der Waals surface area contributed by atoms with Crippen molar-refractivity contribution in [2.45, 2.75) is 146 Å². The van der Waals surface area contributed by atoms with Crippen molar-refractivity contribution in [2.24, 2.45) is 40.3 Å². The normalized spacial score (nSPS) is 14.5. The van der Waals surface area contributed by atoms with Crippen molar-refractivity contribution in [3.63, 3.8) is 0 Å². The SMILES string of the molecule is CC[C@H](NC(=O)[C@H](CCN)NC(=O)c1ccnc(-c2ccccc2)c1)C(=O)N[C@H](CN)C(=O)N[C@@H](CCNC(=O)C[C@@H](C)O)C(=O)N[C@@H](CCN)C(=O)N[C@H](Cc1ccccc1)C(=O)N[C@@H](CC(C)C)C(=O)N[C@@H](CCN)C(=O)N[C@@H](CCN)C(N)=O. The molecule has 10 atom stereocenters. The smallest absolute Gasteiger partial charge is 0.252 e. The van der Waals surface area contributed by atoms with Gasteiger partial charge in [0.1, 0.15) is 54.4 Å². The lowest BCUT2D eigenvalue weighted by atomic mass is 10.00. The zero-order valence-electron chi connectivity index (χ0n) is 49.8. The molecule has 11 amide bonds. The molecular weight excluding hydrogens is 1130 g/mol. The molecule has 0 saturated carbocycles. The third kappa shape index (κ3) is 25.6. The second kappa shape index (κ2) is 38.5. The molecular formula is C58H89N17O12. The number of aliphatic hydroxyl groups excluding tert-OH is 1. The molecule has 0 bridgehead atoms. The summed E-state index contributed by atoms with van der Waals surface area (Å²) in [5, 5.41) is 35.6. The Morgan fingerprint density at radius 2 is 0.908 bits per heavy atom. The molecule has 1 heterocycles. The molecule has 0 fully saturated rings. The van der Waals surface area contributed by atoms with Crippen LogP contribution >= 0.6 is 0 Å². The van der Waals surface area contributed by atoms with Gasteiger partial charge in [0.15, 0.2) is 0 Å². The van der Waals surface area contributed by atoms with Crippen LogP contribution in [-0.4, -0.2) is 175 Å². The highest BCUT2D eigenvalue weighted by molar-refractivity contribution is 6.00. The molecule has 0 radical (unpaired) electrons. The highest BCUT2D eigenvalue weighted by Gasteiger charge is 2.35. The summed E-state index contributed by atoms with van der Waals surface area (Å²) in [5.41, 5.74) is 36.7. The molecule has 0 spiro atoms. The number of nitrogens with one attached hydrogen (secondary N) is 10. The van der Waals surface area contributed by atoms with Gasteiger partial charge in [-0.1, -0.05) is 81.4 Å². The summed E-state index contributed by atoms with van der Waals surface area (Å²) in [6, 6.07) is 8.58. The van der Waals surface area contributed by atoms with Crippen LogP contribution < -0.4 is 87.6 Å². The summed E-state index contributed by atoms with van der Waals surface area (Å²) in [6.07, 6.45) is -0.495. The van der Waals surface area contributed by atoms with Gasteiger partial charge in [0, 0.05) is 36.8 Å². The number of aliphatic hydroxyl groups is 1. The fourth-order valence-electron chi connectivity index (χ4n) is 8.83. The number of rotatable bonds is 39.